The van der Waals surface area contributed by atoms with Gasteiger partial charge in [-0.05, 0) is 38.0 Å². The number of cyclic esters (lactones) is 2. The summed E-state index contributed by atoms with van der Waals surface area (Å²) in [6.07, 6.45) is -1.97. The summed E-state index contributed by atoms with van der Waals surface area (Å²) in [6.45, 7) is 5.95. The second kappa shape index (κ2) is 11.7. The molecule has 0 spiro atoms. The first kappa shape index (κ1) is 26.7. The van der Waals surface area contributed by atoms with Crippen molar-refractivity contribution in [1.82, 2.24) is 10.3 Å². The van der Waals surface area contributed by atoms with Crippen LogP contribution in [0.5, 0.6) is 0 Å². The molecule has 1 aromatic carbocycles. The molecule has 10 nitrogen and oxygen atoms in total. The molecule has 0 radical (unpaired) electrons. The summed E-state index contributed by atoms with van der Waals surface area (Å²) >= 11 is 0. The van der Waals surface area contributed by atoms with Crippen LogP contribution in [0, 0.1) is 18.8 Å². The van der Waals surface area contributed by atoms with Crippen LogP contribution in [0.4, 0.5) is 0 Å². The van der Waals surface area contributed by atoms with Crippen LogP contribution in [0.3, 0.4) is 0 Å². The maximum Gasteiger partial charge on any atom is 0.332 e. The van der Waals surface area contributed by atoms with Crippen molar-refractivity contribution in [2.24, 2.45) is 11.8 Å². The molecular formula is C26H30N2O8. The molecule has 1 aliphatic rings. The van der Waals surface area contributed by atoms with Crippen LogP contribution in [-0.4, -0.2) is 53.7 Å². The van der Waals surface area contributed by atoms with Crippen molar-refractivity contribution in [2.75, 3.05) is 6.61 Å². The number of aromatic amines is 1. The van der Waals surface area contributed by atoms with E-state index in [1.807, 2.05) is 30.3 Å². The van der Waals surface area contributed by atoms with E-state index in [9.17, 15) is 24.0 Å². The molecule has 0 aliphatic carbocycles. The number of aryl methyl sites for hydroxylation is 1. The minimum Gasteiger partial charge on any atom is -0.463 e. The van der Waals surface area contributed by atoms with E-state index in [0.717, 1.165) is 5.56 Å². The Hall–Kier alpha value is -3.95. The number of pyridine rings is 1. The minimum absolute atomic E-state index is 0.174. The predicted molar refractivity (Wildman–Crippen MR) is 128 cm³/mol. The smallest absolute Gasteiger partial charge is 0.332 e. The van der Waals surface area contributed by atoms with Crippen LogP contribution in [0.15, 0.2) is 47.3 Å². The fourth-order valence-electron chi connectivity index (χ4n) is 3.74. The molecule has 0 unspecified atom stereocenters. The van der Waals surface area contributed by atoms with Crippen LogP contribution in [0.2, 0.25) is 0 Å². The maximum atomic E-state index is 13.2. The molecule has 1 aliphatic heterocycles. The number of amides is 1. The van der Waals surface area contributed by atoms with Crippen LogP contribution >= 0.6 is 0 Å². The number of esters is 3. The molecule has 0 saturated carbocycles. The number of carbonyl (C=O) groups is 4. The molecule has 1 aromatic heterocycles. The quantitative estimate of drug-likeness (QED) is 0.453. The lowest BCUT2D eigenvalue weighted by Gasteiger charge is -2.29. The van der Waals surface area contributed by atoms with Gasteiger partial charge in [0.05, 0.1) is 5.92 Å². The standard InChI is InChI=1S/C26H30N2O8/c1-14(2)24(31)36-21-16(4)35-26(33)20(28-23(30)18-11-10-15(3)27-22(18)29)13-34-25(32)19(21)12-17-8-6-5-7-9-17/h5-11,14,16,19-21H,12-13H2,1-4H3,(H,27,29)(H,28,30)/t16-,19+,20-,21-/m0/s1. The zero-order valence-electron chi connectivity index (χ0n) is 20.6. The van der Waals surface area contributed by atoms with Gasteiger partial charge in [-0.2, -0.15) is 0 Å². The highest BCUT2D eigenvalue weighted by Gasteiger charge is 2.42. The van der Waals surface area contributed by atoms with Crippen molar-refractivity contribution < 1.29 is 33.4 Å². The Morgan fingerprint density at radius 1 is 1.08 bits per heavy atom. The van der Waals surface area contributed by atoms with Gasteiger partial charge in [0, 0.05) is 5.69 Å². The number of aromatic nitrogens is 1. The van der Waals surface area contributed by atoms with Gasteiger partial charge in [-0.3, -0.25) is 19.2 Å². The Morgan fingerprint density at radius 3 is 2.42 bits per heavy atom. The van der Waals surface area contributed by atoms with Crippen LogP contribution in [-0.2, 0) is 35.0 Å². The Bertz CT molecular complexity index is 1170. The van der Waals surface area contributed by atoms with E-state index in [1.54, 1.807) is 26.8 Å². The van der Waals surface area contributed by atoms with E-state index in [0.29, 0.717) is 5.69 Å². The van der Waals surface area contributed by atoms with E-state index in [4.69, 9.17) is 14.2 Å². The Labute approximate surface area is 208 Å². The first-order chi connectivity index (χ1) is 17.1. The van der Waals surface area contributed by atoms with Gasteiger partial charge in [-0.15, -0.1) is 0 Å². The lowest BCUT2D eigenvalue weighted by molar-refractivity contribution is -0.176. The topological polar surface area (TPSA) is 141 Å². The van der Waals surface area contributed by atoms with Crippen molar-refractivity contribution in [3.8, 4) is 0 Å². The monoisotopic (exact) mass is 498 g/mol. The summed E-state index contributed by atoms with van der Waals surface area (Å²) in [4.78, 5) is 65.9. The molecule has 2 N–H and O–H groups in total. The van der Waals surface area contributed by atoms with Gasteiger partial charge in [-0.25, -0.2) is 4.79 Å². The molecule has 4 atom stereocenters. The van der Waals surface area contributed by atoms with Crippen molar-refractivity contribution in [3.63, 3.8) is 0 Å². The molecule has 192 valence electrons. The third-order valence-electron chi connectivity index (χ3n) is 5.77. The average Bonchev–Trinajstić information content (AvgIpc) is 2.86. The van der Waals surface area contributed by atoms with Gasteiger partial charge in [-0.1, -0.05) is 44.2 Å². The molecule has 2 heterocycles. The number of nitrogens with one attached hydrogen (secondary N) is 2. The molecule has 0 bridgehead atoms. The van der Waals surface area contributed by atoms with Crippen molar-refractivity contribution in [2.45, 2.75) is 52.4 Å². The zero-order chi connectivity index (χ0) is 26.4. The largest absolute Gasteiger partial charge is 0.463 e. The highest BCUT2D eigenvalue weighted by Crippen LogP contribution is 2.24. The summed E-state index contributed by atoms with van der Waals surface area (Å²) < 4.78 is 16.6. The van der Waals surface area contributed by atoms with Crippen molar-refractivity contribution in [1.29, 1.82) is 0 Å². The molecule has 2 aromatic rings. The Kier molecular flexibility index (Phi) is 8.63. The normalized spacial score (nSPS) is 22.5. The lowest BCUT2D eigenvalue weighted by atomic mass is 9.91. The summed E-state index contributed by atoms with van der Waals surface area (Å²) in [6, 6.07) is 10.6. The minimum atomic E-state index is -1.37. The predicted octanol–water partition coefficient (Wildman–Crippen LogP) is 1.70. The van der Waals surface area contributed by atoms with Gasteiger partial charge in [0.15, 0.2) is 12.1 Å². The SMILES string of the molecule is Cc1ccc(C(=O)N[C@H]2COC(=O)[C@H](Cc3ccccc3)[C@@H](OC(=O)C(C)C)[C@H](C)OC2=O)c(=O)[nH]1. The summed E-state index contributed by atoms with van der Waals surface area (Å²) in [5.41, 5.74) is 0.523. The molecule has 1 saturated heterocycles. The highest BCUT2D eigenvalue weighted by molar-refractivity contribution is 5.96. The number of hydrogen-bond acceptors (Lipinski definition) is 8. The highest BCUT2D eigenvalue weighted by atomic mass is 16.6. The fraction of sp³-hybridized carbons (Fsp3) is 0.423. The van der Waals surface area contributed by atoms with Crippen LogP contribution in [0.25, 0.3) is 0 Å². The van der Waals surface area contributed by atoms with Gasteiger partial charge in [0.25, 0.3) is 11.5 Å². The Morgan fingerprint density at radius 2 is 1.78 bits per heavy atom. The van der Waals surface area contributed by atoms with E-state index >= 15 is 0 Å². The van der Waals surface area contributed by atoms with E-state index in [-0.39, 0.29) is 12.0 Å². The third kappa shape index (κ3) is 6.59. The Balaban J connectivity index is 1.87. The third-order valence-corrected chi connectivity index (χ3v) is 5.77. The zero-order valence-corrected chi connectivity index (χ0v) is 20.6. The lowest BCUT2D eigenvalue weighted by Crippen LogP contribution is -2.47. The summed E-state index contributed by atoms with van der Waals surface area (Å²) in [5, 5.41) is 2.40. The maximum absolute atomic E-state index is 13.2. The molecule has 1 amide bonds. The first-order valence-corrected chi connectivity index (χ1v) is 11.7. The molecule has 3 rings (SSSR count). The second-order valence-electron chi connectivity index (χ2n) is 9.03. The second-order valence-corrected chi connectivity index (χ2v) is 9.03. The van der Waals surface area contributed by atoms with E-state index < -0.39 is 66.1 Å². The number of rotatable bonds is 6. The van der Waals surface area contributed by atoms with Crippen LogP contribution in [0.1, 0.15) is 42.4 Å². The summed E-state index contributed by atoms with van der Waals surface area (Å²) in [5.74, 6) is -4.43. The van der Waals surface area contributed by atoms with Crippen molar-refractivity contribution >= 4 is 23.8 Å². The number of carbonyl (C=O) groups excluding carboxylic acids is 4. The fourth-order valence-corrected chi connectivity index (χ4v) is 3.74. The first-order valence-electron chi connectivity index (χ1n) is 11.7. The number of ether oxygens (including phenoxy) is 3. The van der Waals surface area contributed by atoms with Gasteiger partial charge in [0.2, 0.25) is 0 Å². The van der Waals surface area contributed by atoms with E-state index in [2.05, 4.69) is 10.3 Å². The number of H-pyrrole nitrogens is 1. The van der Waals surface area contributed by atoms with Crippen LogP contribution < -0.4 is 10.9 Å². The van der Waals surface area contributed by atoms with Gasteiger partial charge in [0.1, 0.15) is 24.2 Å². The molecular weight excluding hydrogens is 468 g/mol. The van der Waals surface area contributed by atoms with Gasteiger partial charge < -0.3 is 24.5 Å². The number of benzene rings is 1. The van der Waals surface area contributed by atoms with E-state index in [1.165, 1.54) is 13.0 Å². The van der Waals surface area contributed by atoms with Crippen molar-refractivity contribution in [3.05, 3.63) is 69.6 Å². The average molecular weight is 499 g/mol. The molecule has 10 heteroatoms. The molecule has 1 fully saturated rings. The summed E-state index contributed by atoms with van der Waals surface area (Å²) in [7, 11) is 0. The molecule has 36 heavy (non-hydrogen) atoms. The number of hydrogen-bond donors (Lipinski definition) is 2. The van der Waals surface area contributed by atoms with Gasteiger partial charge >= 0.3 is 17.9 Å².